The molecule has 0 radical (unpaired) electrons. The molecular weight excluding hydrogens is 251 g/mol. The first kappa shape index (κ1) is 15.3. The van der Waals surface area contributed by atoms with Gasteiger partial charge in [0.05, 0.1) is 0 Å². The lowest BCUT2D eigenvalue weighted by molar-refractivity contribution is 0.0469. The van der Waals surface area contributed by atoms with E-state index in [1.165, 1.54) is 12.1 Å². The van der Waals surface area contributed by atoms with Crippen LogP contribution < -0.4 is 0 Å². The molecule has 5 heteroatoms. The van der Waals surface area contributed by atoms with E-state index in [1.54, 1.807) is 12.1 Å². The molecule has 0 aliphatic rings. The van der Waals surface area contributed by atoms with Crippen LogP contribution in [0.2, 0.25) is 0 Å². The molecule has 0 spiro atoms. The normalized spacial score (nSPS) is 12.4. The third kappa shape index (κ3) is 5.26. The van der Waals surface area contributed by atoms with E-state index in [4.69, 9.17) is 8.85 Å². The summed E-state index contributed by atoms with van der Waals surface area (Å²) >= 11 is 0. The van der Waals surface area contributed by atoms with Crippen LogP contribution in [0, 0.1) is 5.82 Å². The SMILES string of the molecule is CC(C)O[Si](O)(Cc1cccc(F)c1)OC(C)C. The van der Waals surface area contributed by atoms with Crippen molar-refractivity contribution < 1.29 is 18.0 Å². The van der Waals surface area contributed by atoms with E-state index in [-0.39, 0.29) is 24.1 Å². The fourth-order valence-corrected chi connectivity index (χ4v) is 4.18. The Bertz CT molecular complexity index is 372. The van der Waals surface area contributed by atoms with Gasteiger partial charge in [-0.15, -0.1) is 0 Å². The number of hydrogen-bond donors (Lipinski definition) is 1. The summed E-state index contributed by atoms with van der Waals surface area (Å²) in [5.74, 6) is -0.321. The van der Waals surface area contributed by atoms with E-state index < -0.39 is 8.80 Å². The number of hydrogen-bond acceptors (Lipinski definition) is 3. The molecule has 0 aliphatic carbocycles. The average molecular weight is 272 g/mol. The molecule has 0 aliphatic heterocycles. The summed E-state index contributed by atoms with van der Waals surface area (Å²) < 4.78 is 24.2. The largest absolute Gasteiger partial charge is 0.503 e. The van der Waals surface area contributed by atoms with Gasteiger partial charge in [0.15, 0.2) is 0 Å². The van der Waals surface area contributed by atoms with Gasteiger partial charge in [-0.05, 0) is 45.4 Å². The second-order valence-electron chi connectivity index (χ2n) is 4.85. The first-order valence-electron chi connectivity index (χ1n) is 6.13. The molecule has 0 atom stereocenters. The van der Waals surface area contributed by atoms with Crippen LogP contribution in [0.1, 0.15) is 33.3 Å². The summed E-state index contributed by atoms with van der Waals surface area (Å²) in [5, 5.41) is 0. The highest BCUT2D eigenvalue weighted by atomic mass is 28.4. The summed E-state index contributed by atoms with van der Waals surface area (Å²) in [5.41, 5.74) is 0.686. The Morgan fingerprint density at radius 2 is 1.72 bits per heavy atom. The summed E-state index contributed by atoms with van der Waals surface area (Å²) in [6.07, 6.45) is -0.261. The van der Waals surface area contributed by atoms with Crippen LogP contribution in [0.4, 0.5) is 4.39 Å². The van der Waals surface area contributed by atoms with E-state index in [0.717, 1.165) is 0 Å². The van der Waals surface area contributed by atoms with Gasteiger partial charge in [0, 0.05) is 18.3 Å². The molecule has 0 heterocycles. The van der Waals surface area contributed by atoms with Crippen LogP contribution >= 0.6 is 0 Å². The van der Waals surface area contributed by atoms with Crippen molar-refractivity contribution in [1.82, 2.24) is 0 Å². The zero-order valence-electron chi connectivity index (χ0n) is 11.3. The third-order valence-electron chi connectivity index (χ3n) is 2.16. The molecule has 0 saturated heterocycles. The topological polar surface area (TPSA) is 38.7 Å². The fourth-order valence-electron chi connectivity index (χ4n) is 1.75. The highest BCUT2D eigenvalue weighted by Gasteiger charge is 2.39. The Labute approximate surface area is 109 Å². The molecule has 1 rings (SSSR count). The van der Waals surface area contributed by atoms with Crippen molar-refractivity contribution in [2.75, 3.05) is 0 Å². The maximum absolute atomic E-state index is 13.1. The Kier molecular flexibility index (Phi) is 5.46. The van der Waals surface area contributed by atoms with E-state index in [2.05, 4.69) is 0 Å². The standard InChI is InChI=1S/C13H21FO3Si/c1-10(2)16-18(15,17-11(3)4)9-12-6-5-7-13(14)8-12/h5-8,10-11,15H,9H2,1-4H3. The molecule has 0 amide bonds. The minimum absolute atomic E-state index is 0.131. The molecule has 18 heavy (non-hydrogen) atoms. The molecule has 1 N–H and O–H groups in total. The van der Waals surface area contributed by atoms with E-state index in [0.29, 0.717) is 5.56 Å². The first-order valence-corrected chi connectivity index (χ1v) is 8.10. The van der Waals surface area contributed by atoms with Crippen LogP contribution in [-0.2, 0) is 14.9 Å². The fraction of sp³-hybridized carbons (Fsp3) is 0.538. The maximum atomic E-state index is 13.1. The lowest BCUT2D eigenvalue weighted by Gasteiger charge is -2.28. The van der Waals surface area contributed by atoms with E-state index in [1.807, 2.05) is 27.7 Å². The van der Waals surface area contributed by atoms with Crippen LogP contribution in [0.3, 0.4) is 0 Å². The van der Waals surface area contributed by atoms with Gasteiger partial charge in [0.25, 0.3) is 0 Å². The van der Waals surface area contributed by atoms with Gasteiger partial charge in [-0.3, -0.25) is 0 Å². The van der Waals surface area contributed by atoms with E-state index >= 15 is 0 Å². The molecule has 3 nitrogen and oxygen atoms in total. The lowest BCUT2D eigenvalue weighted by atomic mass is 10.2. The van der Waals surface area contributed by atoms with Crippen molar-refractivity contribution in [2.45, 2.75) is 45.9 Å². The summed E-state index contributed by atoms with van der Waals surface area (Å²) in [4.78, 5) is 10.5. The lowest BCUT2D eigenvalue weighted by Crippen LogP contribution is -2.48. The van der Waals surface area contributed by atoms with E-state index in [9.17, 15) is 9.19 Å². The van der Waals surface area contributed by atoms with Crippen molar-refractivity contribution in [3.63, 3.8) is 0 Å². The van der Waals surface area contributed by atoms with Gasteiger partial charge in [-0.1, -0.05) is 12.1 Å². The third-order valence-corrected chi connectivity index (χ3v) is 4.69. The summed E-state index contributed by atoms with van der Waals surface area (Å²) in [6, 6.07) is 6.36. The van der Waals surface area contributed by atoms with Crippen LogP contribution in [0.25, 0.3) is 0 Å². The summed E-state index contributed by atoms with van der Waals surface area (Å²) in [6.45, 7) is 7.36. The van der Waals surface area contributed by atoms with Gasteiger partial charge < -0.3 is 13.6 Å². The Morgan fingerprint density at radius 3 is 2.17 bits per heavy atom. The van der Waals surface area contributed by atoms with Gasteiger partial charge in [-0.2, -0.15) is 0 Å². The molecule has 0 bridgehead atoms. The van der Waals surface area contributed by atoms with Crippen molar-refractivity contribution in [3.05, 3.63) is 35.6 Å². The van der Waals surface area contributed by atoms with Crippen molar-refractivity contribution in [1.29, 1.82) is 0 Å². The zero-order chi connectivity index (χ0) is 13.8. The van der Waals surface area contributed by atoms with Gasteiger partial charge in [0.2, 0.25) is 0 Å². The zero-order valence-corrected chi connectivity index (χ0v) is 12.3. The van der Waals surface area contributed by atoms with Crippen molar-refractivity contribution >= 4 is 8.80 Å². The van der Waals surface area contributed by atoms with Crippen LogP contribution in [0.15, 0.2) is 24.3 Å². The molecular formula is C13H21FO3Si. The molecule has 1 aromatic carbocycles. The van der Waals surface area contributed by atoms with Crippen molar-refractivity contribution in [2.24, 2.45) is 0 Å². The Balaban J connectivity index is 2.83. The smallest absolute Gasteiger partial charge is 0.389 e. The Morgan fingerprint density at radius 1 is 1.17 bits per heavy atom. The van der Waals surface area contributed by atoms with Gasteiger partial charge >= 0.3 is 8.80 Å². The minimum atomic E-state index is -3.31. The average Bonchev–Trinajstić information content (AvgIpc) is 2.13. The maximum Gasteiger partial charge on any atom is 0.503 e. The summed E-state index contributed by atoms with van der Waals surface area (Å²) in [7, 11) is -3.31. The monoisotopic (exact) mass is 272 g/mol. The molecule has 102 valence electrons. The van der Waals surface area contributed by atoms with Gasteiger partial charge in [0.1, 0.15) is 5.82 Å². The molecule has 0 unspecified atom stereocenters. The second kappa shape index (κ2) is 6.42. The van der Waals surface area contributed by atoms with Crippen molar-refractivity contribution in [3.8, 4) is 0 Å². The number of benzene rings is 1. The molecule has 0 fully saturated rings. The second-order valence-corrected chi connectivity index (χ2v) is 7.10. The molecule has 0 saturated carbocycles. The predicted octanol–water partition coefficient (Wildman–Crippen LogP) is 2.69. The number of rotatable bonds is 6. The number of halogens is 1. The minimum Gasteiger partial charge on any atom is -0.389 e. The van der Waals surface area contributed by atoms with Crippen LogP contribution in [-0.4, -0.2) is 25.8 Å². The highest BCUT2D eigenvalue weighted by Crippen LogP contribution is 2.17. The molecule has 1 aromatic rings. The highest BCUT2D eigenvalue weighted by molar-refractivity contribution is 6.58. The first-order chi connectivity index (χ1) is 8.31. The predicted molar refractivity (Wildman–Crippen MR) is 70.5 cm³/mol. The quantitative estimate of drug-likeness (QED) is 0.809. The Hall–Kier alpha value is -0.753. The van der Waals surface area contributed by atoms with Crippen LogP contribution in [0.5, 0.6) is 0 Å². The molecule has 0 aromatic heterocycles. The van der Waals surface area contributed by atoms with Gasteiger partial charge in [-0.25, -0.2) is 4.39 Å².